The Bertz CT molecular complexity index is 427. The first-order valence-electron chi connectivity index (χ1n) is 3.92. The quantitative estimate of drug-likeness (QED) is 0.457. The smallest absolute Gasteiger partial charge is 0.398 e. The van der Waals surface area contributed by atoms with Gasteiger partial charge in [-0.25, -0.2) is 0 Å². The van der Waals surface area contributed by atoms with E-state index in [4.69, 9.17) is 5.73 Å². The third kappa shape index (κ3) is 3.98. The first-order chi connectivity index (χ1) is 7.50. The molecule has 0 saturated heterocycles. The van der Waals surface area contributed by atoms with Crippen LogP contribution in [0.3, 0.4) is 0 Å². The van der Waals surface area contributed by atoms with Gasteiger partial charge in [0.15, 0.2) is 0 Å². The van der Waals surface area contributed by atoms with Crippen molar-refractivity contribution in [3.05, 3.63) is 22.2 Å². The van der Waals surface area contributed by atoms with Gasteiger partial charge in [-0.05, 0) is 23.9 Å². The summed E-state index contributed by atoms with van der Waals surface area (Å²) in [5.41, 5.74) is -1.94. The van der Waals surface area contributed by atoms with Crippen molar-refractivity contribution in [3.8, 4) is 0 Å². The summed E-state index contributed by atoms with van der Waals surface area (Å²) in [4.78, 5) is -0.975. The van der Waals surface area contributed by atoms with Gasteiger partial charge in [-0.1, -0.05) is 15.9 Å². The molecule has 0 saturated carbocycles. The van der Waals surface area contributed by atoms with Crippen LogP contribution in [0.5, 0.6) is 0 Å². The molecule has 0 aliphatic carbocycles. The topological polar surface area (TPSA) is 26.0 Å². The van der Waals surface area contributed by atoms with E-state index < -0.39 is 39.6 Å². The molecule has 0 heterocycles. The van der Waals surface area contributed by atoms with Crippen LogP contribution in [-0.4, -0.2) is 5.51 Å². The Morgan fingerprint density at radius 3 is 2.00 bits per heavy atom. The van der Waals surface area contributed by atoms with E-state index in [1.54, 1.807) is 0 Å². The van der Waals surface area contributed by atoms with E-state index in [0.717, 1.165) is 12.1 Å². The van der Waals surface area contributed by atoms with Crippen LogP contribution in [0.25, 0.3) is 0 Å². The molecule has 0 spiro atoms. The Labute approximate surface area is 104 Å². The number of hydrogen-bond donors (Lipinski definition) is 1. The Kier molecular flexibility index (Phi) is 3.92. The van der Waals surface area contributed by atoms with Crippen LogP contribution in [0.1, 0.15) is 5.56 Å². The SMILES string of the molecule is Nc1cc(Br)cc(SC(F)(F)F)c1C(F)(F)F. The molecule has 2 N–H and O–H groups in total. The normalized spacial score (nSPS) is 12.9. The third-order valence-electron chi connectivity index (χ3n) is 1.61. The van der Waals surface area contributed by atoms with E-state index in [2.05, 4.69) is 15.9 Å². The first kappa shape index (κ1) is 14.5. The minimum atomic E-state index is -4.93. The molecular formula is C8H4BrF6NS. The van der Waals surface area contributed by atoms with E-state index in [-0.39, 0.29) is 4.47 Å². The zero-order chi connectivity index (χ0) is 13.4. The molecule has 1 aromatic rings. The largest absolute Gasteiger partial charge is 0.446 e. The number of nitrogen functional groups attached to an aromatic ring is 1. The number of nitrogens with two attached hydrogens (primary N) is 1. The molecule has 9 heteroatoms. The van der Waals surface area contributed by atoms with Crippen LogP contribution >= 0.6 is 27.7 Å². The van der Waals surface area contributed by atoms with Crippen molar-refractivity contribution in [1.82, 2.24) is 0 Å². The lowest BCUT2D eigenvalue weighted by atomic mass is 10.2. The zero-order valence-corrected chi connectivity index (χ0v) is 10.2. The Morgan fingerprint density at radius 2 is 1.59 bits per heavy atom. The van der Waals surface area contributed by atoms with Gasteiger partial charge < -0.3 is 5.73 Å². The average Bonchev–Trinajstić information content (AvgIpc) is 1.94. The van der Waals surface area contributed by atoms with Crippen molar-refractivity contribution in [2.45, 2.75) is 16.6 Å². The van der Waals surface area contributed by atoms with Gasteiger partial charge in [0.05, 0.1) is 5.56 Å². The van der Waals surface area contributed by atoms with Crippen molar-refractivity contribution in [3.63, 3.8) is 0 Å². The number of halogens is 7. The maximum atomic E-state index is 12.5. The number of alkyl halides is 6. The fourth-order valence-electron chi connectivity index (χ4n) is 1.11. The highest BCUT2D eigenvalue weighted by atomic mass is 79.9. The van der Waals surface area contributed by atoms with Crippen molar-refractivity contribution >= 4 is 33.4 Å². The minimum absolute atomic E-state index is 0.0507. The molecule has 1 aromatic carbocycles. The van der Waals surface area contributed by atoms with E-state index in [9.17, 15) is 26.3 Å². The highest BCUT2D eigenvalue weighted by molar-refractivity contribution is 9.10. The standard InChI is InChI=1S/C8H4BrF6NS/c9-3-1-4(16)6(7(10,11)12)5(2-3)17-8(13,14)15/h1-2H,16H2. The summed E-state index contributed by atoms with van der Waals surface area (Å²) in [6.07, 6.45) is -4.93. The molecule has 0 amide bonds. The molecule has 0 aliphatic rings. The summed E-state index contributed by atoms with van der Waals surface area (Å²) in [5.74, 6) is 0. The molecule has 17 heavy (non-hydrogen) atoms. The highest BCUT2D eigenvalue weighted by Gasteiger charge is 2.40. The van der Waals surface area contributed by atoms with Gasteiger partial charge >= 0.3 is 11.7 Å². The maximum absolute atomic E-state index is 12.5. The van der Waals surface area contributed by atoms with Gasteiger partial charge in [0.1, 0.15) is 0 Å². The molecule has 1 nitrogen and oxygen atoms in total. The van der Waals surface area contributed by atoms with Gasteiger partial charge in [0.25, 0.3) is 0 Å². The number of benzene rings is 1. The van der Waals surface area contributed by atoms with E-state index >= 15 is 0 Å². The second kappa shape index (κ2) is 4.60. The zero-order valence-electron chi connectivity index (χ0n) is 7.79. The molecule has 0 atom stereocenters. The second-order valence-corrected chi connectivity index (χ2v) is 4.94. The van der Waals surface area contributed by atoms with Crippen molar-refractivity contribution < 1.29 is 26.3 Å². The number of thioether (sulfide) groups is 1. The lowest BCUT2D eigenvalue weighted by Crippen LogP contribution is -2.12. The fourth-order valence-corrected chi connectivity index (χ4v) is 2.51. The number of hydrogen-bond acceptors (Lipinski definition) is 2. The number of anilines is 1. The van der Waals surface area contributed by atoms with Gasteiger partial charge in [0.2, 0.25) is 0 Å². The summed E-state index contributed by atoms with van der Waals surface area (Å²) < 4.78 is 74.0. The Balaban J connectivity index is 3.36. The molecule has 96 valence electrons. The summed E-state index contributed by atoms with van der Waals surface area (Å²) in [6, 6.07) is 1.64. The summed E-state index contributed by atoms with van der Waals surface area (Å²) in [6.45, 7) is 0. The first-order valence-corrected chi connectivity index (χ1v) is 5.53. The summed E-state index contributed by atoms with van der Waals surface area (Å²) in [7, 11) is 0. The van der Waals surface area contributed by atoms with Crippen LogP contribution in [0.4, 0.5) is 32.0 Å². The third-order valence-corrected chi connectivity index (χ3v) is 2.84. The highest BCUT2D eigenvalue weighted by Crippen LogP contribution is 2.46. The molecule has 1 rings (SSSR count). The van der Waals surface area contributed by atoms with Crippen molar-refractivity contribution in [2.24, 2.45) is 0 Å². The van der Waals surface area contributed by atoms with Gasteiger partial charge in [0, 0.05) is 15.1 Å². The lowest BCUT2D eigenvalue weighted by Gasteiger charge is -2.16. The molecule has 0 bridgehead atoms. The molecule has 0 aromatic heterocycles. The van der Waals surface area contributed by atoms with Gasteiger partial charge in [-0.15, -0.1) is 0 Å². The second-order valence-electron chi connectivity index (χ2n) is 2.91. The minimum Gasteiger partial charge on any atom is -0.398 e. The molecular weight excluding hydrogens is 336 g/mol. The predicted molar refractivity (Wildman–Crippen MR) is 55.5 cm³/mol. The van der Waals surface area contributed by atoms with E-state index in [0.29, 0.717) is 0 Å². The molecule has 0 fully saturated rings. The van der Waals surface area contributed by atoms with Gasteiger partial charge in [-0.3, -0.25) is 0 Å². The van der Waals surface area contributed by atoms with Crippen LogP contribution in [0.15, 0.2) is 21.5 Å². The van der Waals surface area contributed by atoms with Gasteiger partial charge in [-0.2, -0.15) is 26.3 Å². The fraction of sp³-hybridized carbons (Fsp3) is 0.250. The summed E-state index contributed by atoms with van der Waals surface area (Å²) >= 11 is 1.95. The van der Waals surface area contributed by atoms with Crippen molar-refractivity contribution in [2.75, 3.05) is 5.73 Å². The molecule has 0 aliphatic heterocycles. The van der Waals surface area contributed by atoms with E-state index in [1.165, 1.54) is 0 Å². The monoisotopic (exact) mass is 339 g/mol. The van der Waals surface area contributed by atoms with Crippen LogP contribution in [0.2, 0.25) is 0 Å². The van der Waals surface area contributed by atoms with Crippen LogP contribution in [0, 0.1) is 0 Å². The predicted octanol–water partition coefficient (Wildman–Crippen LogP) is 4.66. The van der Waals surface area contributed by atoms with Crippen molar-refractivity contribution in [1.29, 1.82) is 0 Å². The molecule has 0 unspecified atom stereocenters. The average molecular weight is 340 g/mol. The van der Waals surface area contributed by atoms with Crippen LogP contribution < -0.4 is 5.73 Å². The Morgan fingerprint density at radius 1 is 1.06 bits per heavy atom. The van der Waals surface area contributed by atoms with E-state index in [1.807, 2.05) is 0 Å². The Hall–Kier alpha value is -0.570. The maximum Gasteiger partial charge on any atom is 0.446 e. The van der Waals surface area contributed by atoms with Crippen LogP contribution in [-0.2, 0) is 6.18 Å². The molecule has 0 radical (unpaired) electrons. The number of rotatable bonds is 1. The summed E-state index contributed by atoms with van der Waals surface area (Å²) in [5, 5.41) is 0. The lowest BCUT2D eigenvalue weighted by molar-refractivity contribution is -0.139.